The molecule has 1 fully saturated rings. The van der Waals surface area contributed by atoms with E-state index in [2.05, 4.69) is 5.32 Å². The van der Waals surface area contributed by atoms with Crippen LogP contribution in [0, 0.1) is 5.82 Å². The van der Waals surface area contributed by atoms with Gasteiger partial charge in [0.05, 0.1) is 6.26 Å². The van der Waals surface area contributed by atoms with Crippen molar-refractivity contribution in [3.05, 3.63) is 54.3 Å². The van der Waals surface area contributed by atoms with Gasteiger partial charge in [0.2, 0.25) is 15.9 Å². The molecule has 5 nitrogen and oxygen atoms in total. The number of carbonyl (C=O) groups excluding carboxylic acids is 1. The number of hydrogen-bond donors (Lipinski definition) is 1. The van der Waals surface area contributed by atoms with Crippen molar-refractivity contribution in [1.29, 1.82) is 0 Å². The fourth-order valence-corrected chi connectivity index (χ4v) is 4.16. The Morgan fingerprint density at radius 1 is 1.16 bits per heavy atom. The lowest BCUT2D eigenvalue weighted by molar-refractivity contribution is -0.119. The highest BCUT2D eigenvalue weighted by Gasteiger charge is 2.36. The van der Waals surface area contributed by atoms with E-state index in [1.165, 1.54) is 16.4 Å². The number of nitrogens with one attached hydrogen (secondary N) is 1. The molecule has 0 bridgehead atoms. The number of rotatable bonds is 4. The lowest BCUT2D eigenvalue weighted by atomic mass is 10.1. The molecule has 1 heterocycles. The van der Waals surface area contributed by atoms with E-state index >= 15 is 0 Å². The van der Waals surface area contributed by atoms with E-state index in [1.54, 1.807) is 36.4 Å². The molecule has 1 unspecified atom stereocenters. The van der Waals surface area contributed by atoms with E-state index in [-0.39, 0.29) is 11.7 Å². The lowest BCUT2D eigenvalue weighted by Crippen LogP contribution is -2.42. The summed E-state index contributed by atoms with van der Waals surface area (Å²) in [6.07, 6.45) is 2.30. The van der Waals surface area contributed by atoms with Crippen LogP contribution in [0.4, 0.5) is 10.1 Å². The highest BCUT2D eigenvalue weighted by atomic mass is 32.2. The zero-order valence-corrected chi connectivity index (χ0v) is 14.6. The average Bonchev–Trinajstić information content (AvgIpc) is 3.06. The smallest absolute Gasteiger partial charge is 0.242 e. The minimum Gasteiger partial charge on any atom is -0.325 e. The molecule has 1 aliphatic heterocycles. The van der Waals surface area contributed by atoms with Gasteiger partial charge in [0.25, 0.3) is 0 Å². The minimum absolute atomic E-state index is 0.308. The molecular weight excluding hydrogens is 343 g/mol. The highest BCUT2D eigenvalue weighted by Crippen LogP contribution is 2.24. The molecule has 1 saturated heterocycles. The molecule has 1 amide bonds. The van der Waals surface area contributed by atoms with E-state index in [9.17, 15) is 17.6 Å². The predicted octanol–water partition coefficient (Wildman–Crippen LogP) is 2.86. The summed E-state index contributed by atoms with van der Waals surface area (Å²) in [5.74, 6) is -0.640. The summed E-state index contributed by atoms with van der Waals surface area (Å²) in [5, 5.41) is 2.76. The maximum Gasteiger partial charge on any atom is 0.242 e. The molecule has 0 aromatic heterocycles. The first-order chi connectivity index (χ1) is 11.8. The summed E-state index contributed by atoms with van der Waals surface area (Å²) >= 11 is 0. The second-order valence-electron chi connectivity index (χ2n) is 6.11. The van der Waals surface area contributed by atoms with Crippen molar-refractivity contribution in [1.82, 2.24) is 4.31 Å². The van der Waals surface area contributed by atoms with E-state index < -0.39 is 16.1 Å². The molecule has 132 valence electrons. The number of carbonyl (C=O) groups is 1. The number of halogens is 1. The fraction of sp³-hybridized carbons (Fsp3) is 0.278. The fourth-order valence-electron chi connectivity index (χ4n) is 3.04. The molecule has 0 saturated carbocycles. The highest BCUT2D eigenvalue weighted by molar-refractivity contribution is 7.88. The van der Waals surface area contributed by atoms with Crippen LogP contribution in [0.25, 0.3) is 11.1 Å². The quantitative estimate of drug-likeness (QED) is 0.909. The van der Waals surface area contributed by atoms with Gasteiger partial charge in [0, 0.05) is 12.2 Å². The van der Waals surface area contributed by atoms with Crippen LogP contribution >= 0.6 is 0 Å². The first-order valence-electron chi connectivity index (χ1n) is 7.98. The van der Waals surface area contributed by atoms with Gasteiger partial charge in [0.15, 0.2) is 0 Å². The molecule has 2 aromatic carbocycles. The van der Waals surface area contributed by atoms with Crippen molar-refractivity contribution in [2.24, 2.45) is 0 Å². The van der Waals surface area contributed by atoms with E-state index in [0.29, 0.717) is 25.1 Å². The van der Waals surface area contributed by atoms with Gasteiger partial charge in [-0.25, -0.2) is 12.8 Å². The third-order valence-corrected chi connectivity index (χ3v) is 5.53. The Morgan fingerprint density at radius 2 is 1.88 bits per heavy atom. The molecular formula is C18H19FN2O3S. The Bertz CT molecular complexity index is 881. The molecule has 1 aliphatic rings. The summed E-state index contributed by atoms with van der Waals surface area (Å²) in [5.41, 5.74) is 2.15. The normalized spacial score (nSPS) is 18.2. The number of hydrogen-bond acceptors (Lipinski definition) is 3. The van der Waals surface area contributed by atoms with Crippen LogP contribution in [0.5, 0.6) is 0 Å². The van der Waals surface area contributed by atoms with Gasteiger partial charge in [-0.3, -0.25) is 4.79 Å². The molecule has 3 rings (SSSR count). The molecule has 1 atom stereocenters. The third-order valence-electron chi connectivity index (χ3n) is 4.24. The SMILES string of the molecule is CS(=O)(=O)N1CCCC1C(=O)Nc1ccc(-c2cccc(F)c2)cc1. The standard InChI is InChI=1S/C18H19FN2O3S/c1-25(23,24)21-11-3-6-17(21)18(22)20-16-9-7-13(8-10-16)14-4-2-5-15(19)12-14/h2,4-5,7-10,12,17H,3,6,11H2,1H3,(H,20,22). The Kier molecular flexibility index (Phi) is 4.87. The van der Waals surface area contributed by atoms with Crippen LogP contribution in [-0.4, -0.2) is 37.5 Å². The Hall–Kier alpha value is -2.25. The van der Waals surface area contributed by atoms with Crippen LogP contribution in [0.1, 0.15) is 12.8 Å². The van der Waals surface area contributed by atoms with Gasteiger partial charge in [0.1, 0.15) is 11.9 Å². The number of benzene rings is 2. The maximum absolute atomic E-state index is 13.3. The number of anilines is 1. The van der Waals surface area contributed by atoms with Gasteiger partial charge in [-0.2, -0.15) is 4.31 Å². The minimum atomic E-state index is -3.40. The van der Waals surface area contributed by atoms with Crippen molar-refractivity contribution in [2.75, 3.05) is 18.1 Å². The second-order valence-corrected chi connectivity index (χ2v) is 8.04. The van der Waals surface area contributed by atoms with Crippen LogP contribution in [0.15, 0.2) is 48.5 Å². The van der Waals surface area contributed by atoms with Crippen molar-refractivity contribution in [3.8, 4) is 11.1 Å². The first-order valence-corrected chi connectivity index (χ1v) is 9.83. The largest absolute Gasteiger partial charge is 0.325 e. The zero-order chi connectivity index (χ0) is 18.0. The Morgan fingerprint density at radius 3 is 2.52 bits per heavy atom. The molecule has 0 radical (unpaired) electrons. The molecule has 0 spiro atoms. The Labute approximate surface area is 146 Å². The molecule has 7 heteroatoms. The van der Waals surface area contributed by atoms with E-state index in [0.717, 1.165) is 17.4 Å². The zero-order valence-electron chi connectivity index (χ0n) is 13.8. The van der Waals surface area contributed by atoms with Gasteiger partial charge in [-0.05, 0) is 48.2 Å². The average molecular weight is 362 g/mol. The summed E-state index contributed by atoms with van der Waals surface area (Å²) in [4.78, 5) is 12.4. The molecule has 0 aliphatic carbocycles. The van der Waals surface area contributed by atoms with Crippen LogP contribution in [-0.2, 0) is 14.8 Å². The summed E-state index contributed by atoms with van der Waals surface area (Å²) < 4.78 is 38.0. The van der Waals surface area contributed by atoms with Gasteiger partial charge < -0.3 is 5.32 Å². The van der Waals surface area contributed by atoms with Crippen molar-refractivity contribution >= 4 is 21.6 Å². The predicted molar refractivity (Wildman–Crippen MR) is 95.0 cm³/mol. The van der Waals surface area contributed by atoms with E-state index in [4.69, 9.17) is 0 Å². The van der Waals surface area contributed by atoms with Crippen LogP contribution in [0.3, 0.4) is 0 Å². The number of sulfonamides is 1. The topological polar surface area (TPSA) is 66.5 Å². The van der Waals surface area contributed by atoms with E-state index in [1.807, 2.05) is 0 Å². The van der Waals surface area contributed by atoms with Gasteiger partial charge in [-0.15, -0.1) is 0 Å². The number of nitrogens with zero attached hydrogens (tertiary/aromatic N) is 1. The molecule has 2 aromatic rings. The monoisotopic (exact) mass is 362 g/mol. The molecule has 25 heavy (non-hydrogen) atoms. The van der Waals surface area contributed by atoms with Crippen LogP contribution in [0.2, 0.25) is 0 Å². The van der Waals surface area contributed by atoms with Crippen molar-refractivity contribution < 1.29 is 17.6 Å². The second kappa shape index (κ2) is 6.93. The molecule has 1 N–H and O–H groups in total. The van der Waals surface area contributed by atoms with Gasteiger partial charge >= 0.3 is 0 Å². The lowest BCUT2D eigenvalue weighted by Gasteiger charge is -2.21. The number of amides is 1. The Balaban J connectivity index is 1.72. The van der Waals surface area contributed by atoms with Crippen molar-refractivity contribution in [2.45, 2.75) is 18.9 Å². The summed E-state index contributed by atoms with van der Waals surface area (Å²) in [6.45, 7) is 0.370. The van der Waals surface area contributed by atoms with Crippen molar-refractivity contribution in [3.63, 3.8) is 0 Å². The summed E-state index contributed by atoms with van der Waals surface area (Å²) in [6, 6.07) is 12.6. The maximum atomic E-state index is 13.3. The first kappa shape index (κ1) is 17.6. The van der Waals surface area contributed by atoms with Crippen LogP contribution < -0.4 is 5.32 Å². The van der Waals surface area contributed by atoms with Gasteiger partial charge in [-0.1, -0.05) is 24.3 Å². The third kappa shape index (κ3) is 4.05. The summed E-state index contributed by atoms with van der Waals surface area (Å²) in [7, 11) is -3.40.